The molecule has 0 aromatic heterocycles. The molecule has 0 radical (unpaired) electrons. The third-order valence-corrected chi connectivity index (χ3v) is 6.34. The average molecular weight is 462 g/mol. The van der Waals surface area contributed by atoms with Gasteiger partial charge in [-0.25, -0.2) is 13.1 Å². The van der Waals surface area contributed by atoms with Crippen LogP contribution in [0.3, 0.4) is 0 Å². The molecule has 1 fully saturated rings. The van der Waals surface area contributed by atoms with Gasteiger partial charge in [0.15, 0.2) is 0 Å². The molecular weight excluding hydrogens is 434 g/mol. The summed E-state index contributed by atoms with van der Waals surface area (Å²) in [6.07, 6.45) is 1.07. The summed E-state index contributed by atoms with van der Waals surface area (Å²) in [7, 11) is -3.82. The highest BCUT2D eigenvalue weighted by Crippen LogP contribution is 2.13. The van der Waals surface area contributed by atoms with E-state index in [1.807, 2.05) is 18.2 Å². The fraction of sp³-hybridized carbons (Fsp3) is 0.364. The Hall–Kier alpha value is -2.79. The molecule has 2 aromatic carbocycles. The molecule has 0 bridgehead atoms. The van der Waals surface area contributed by atoms with Gasteiger partial charge in [0.1, 0.15) is 6.10 Å². The Morgan fingerprint density at radius 2 is 1.91 bits per heavy atom. The maximum Gasteiger partial charge on any atom is 0.269 e. The van der Waals surface area contributed by atoms with Crippen LogP contribution in [0.1, 0.15) is 35.7 Å². The van der Waals surface area contributed by atoms with E-state index >= 15 is 0 Å². The maximum absolute atomic E-state index is 12.6. The van der Waals surface area contributed by atoms with Crippen LogP contribution in [0.2, 0.25) is 0 Å². The van der Waals surface area contributed by atoms with Crippen molar-refractivity contribution in [2.45, 2.75) is 43.4 Å². The number of hydrogen-bond acceptors (Lipinski definition) is 6. The number of ether oxygens (including phenoxy) is 2. The van der Waals surface area contributed by atoms with Crippen molar-refractivity contribution in [3.8, 4) is 0 Å². The third kappa shape index (κ3) is 6.86. The number of nitrogens with one attached hydrogen (secondary N) is 3. The summed E-state index contributed by atoms with van der Waals surface area (Å²) in [5, 5.41) is 0. The first-order chi connectivity index (χ1) is 15.3. The fourth-order valence-electron chi connectivity index (χ4n) is 3.06. The molecule has 9 nitrogen and oxygen atoms in total. The molecule has 1 aliphatic rings. The van der Waals surface area contributed by atoms with Crippen LogP contribution in [-0.2, 0) is 30.8 Å². The van der Waals surface area contributed by atoms with E-state index in [2.05, 4.69) is 15.6 Å². The lowest BCUT2D eigenvalue weighted by Gasteiger charge is -2.16. The van der Waals surface area contributed by atoms with Gasteiger partial charge in [0.25, 0.3) is 11.8 Å². The molecule has 2 aromatic rings. The largest absolute Gasteiger partial charge is 0.376 e. The summed E-state index contributed by atoms with van der Waals surface area (Å²) in [5.41, 5.74) is 5.46. The second-order valence-electron chi connectivity index (χ2n) is 7.39. The molecule has 0 spiro atoms. The van der Waals surface area contributed by atoms with Gasteiger partial charge in [-0.3, -0.25) is 20.4 Å². The molecule has 3 rings (SSSR count). The third-order valence-electron chi connectivity index (χ3n) is 4.94. The first-order valence-electron chi connectivity index (χ1n) is 10.3. The van der Waals surface area contributed by atoms with Gasteiger partial charge in [-0.2, -0.15) is 0 Å². The number of carbonyl (C=O) groups excluding carboxylic acids is 2. The second-order valence-corrected chi connectivity index (χ2v) is 9.16. The highest BCUT2D eigenvalue weighted by molar-refractivity contribution is 7.89. The number of amides is 2. The molecule has 1 heterocycles. The zero-order valence-corrected chi connectivity index (χ0v) is 18.6. The van der Waals surface area contributed by atoms with Gasteiger partial charge < -0.3 is 9.47 Å². The standard InChI is InChI=1S/C22H27N3O6S/c1-16(31-15-19-10-6-12-30-19)21(26)24-25-22(27)18-9-5-11-20(13-18)32(28,29)23-14-17-7-3-2-4-8-17/h2-5,7-9,11,13,16,19,23H,6,10,12,14-15H2,1H3,(H,24,26)(H,25,27). The zero-order chi connectivity index (χ0) is 23.0. The van der Waals surface area contributed by atoms with E-state index in [-0.39, 0.29) is 23.1 Å². The van der Waals surface area contributed by atoms with E-state index in [4.69, 9.17) is 9.47 Å². The Morgan fingerprint density at radius 1 is 1.12 bits per heavy atom. The van der Waals surface area contributed by atoms with Gasteiger partial charge in [0.2, 0.25) is 10.0 Å². The molecular formula is C22H27N3O6S. The lowest BCUT2D eigenvalue weighted by atomic mass is 10.2. The number of rotatable bonds is 9. The Balaban J connectivity index is 1.52. The van der Waals surface area contributed by atoms with Gasteiger partial charge in [0, 0.05) is 18.7 Å². The monoisotopic (exact) mass is 461 g/mol. The van der Waals surface area contributed by atoms with Crippen LogP contribution >= 0.6 is 0 Å². The number of hydrogen-bond donors (Lipinski definition) is 3. The number of sulfonamides is 1. The summed E-state index contributed by atoms with van der Waals surface area (Å²) >= 11 is 0. The number of carbonyl (C=O) groups is 2. The van der Waals surface area contributed by atoms with Crippen LogP contribution in [0.15, 0.2) is 59.5 Å². The van der Waals surface area contributed by atoms with Crippen molar-refractivity contribution in [1.29, 1.82) is 0 Å². The Labute approximate surface area is 187 Å². The summed E-state index contributed by atoms with van der Waals surface area (Å²) in [6, 6.07) is 14.6. The van der Waals surface area contributed by atoms with Crippen molar-refractivity contribution in [3.63, 3.8) is 0 Å². The second kappa shape index (κ2) is 11.2. The van der Waals surface area contributed by atoms with E-state index in [0.29, 0.717) is 13.2 Å². The average Bonchev–Trinajstić information content (AvgIpc) is 3.34. The van der Waals surface area contributed by atoms with E-state index in [0.717, 1.165) is 18.4 Å². The van der Waals surface area contributed by atoms with Crippen molar-refractivity contribution in [2.24, 2.45) is 0 Å². The molecule has 3 N–H and O–H groups in total. The minimum Gasteiger partial charge on any atom is -0.376 e. The van der Waals surface area contributed by atoms with Gasteiger partial charge in [0.05, 0.1) is 17.6 Å². The molecule has 1 saturated heterocycles. The van der Waals surface area contributed by atoms with Crippen LogP contribution in [0, 0.1) is 0 Å². The molecule has 2 unspecified atom stereocenters. The quantitative estimate of drug-likeness (QED) is 0.487. The van der Waals surface area contributed by atoms with E-state index in [9.17, 15) is 18.0 Å². The maximum atomic E-state index is 12.6. The van der Waals surface area contributed by atoms with Crippen molar-refractivity contribution in [1.82, 2.24) is 15.6 Å². The summed E-state index contributed by atoms with van der Waals surface area (Å²) in [5.74, 6) is -1.17. The summed E-state index contributed by atoms with van der Waals surface area (Å²) in [4.78, 5) is 24.5. The van der Waals surface area contributed by atoms with Gasteiger partial charge in [-0.15, -0.1) is 0 Å². The highest BCUT2D eigenvalue weighted by atomic mass is 32.2. The van der Waals surface area contributed by atoms with Crippen molar-refractivity contribution in [3.05, 3.63) is 65.7 Å². The topological polar surface area (TPSA) is 123 Å². The normalized spacial score (nSPS) is 17.0. The number of hydrazine groups is 1. The zero-order valence-electron chi connectivity index (χ0n) is 17.7. The Bertz CT molecular complexity index is 1020. The summed E-state index contributed by atoms with van der Waals surface area (Å²) < 4.78 is 38.6. The number of benzene rings is 2. The van der Waals surface area contributed by atoms with Gasteiger partial charge in [-0.05, 0) is 43.5 Å². The van der Waals surface area contributed by atoms with Crippen molar-refractivity contribution < 1.29 is 27.5 Å². The SMILES string of the molecule is CC(OCC1CCCO1)C(=O)NNC(=O)c1cccc(S(=O)(=O)NCc2ccccc2)c1. The Kier molecular flexibility index (Phi) is 8.34. The van der Waals surface area contributed by atoms with E-state index in [1.165, 1.54) is 24.3 Å². The minimum absolute atomic E-state index is 0.0139. The molecule has 2 amide bonds. The van der Waals surface area contributed by atoms with Crippen molar-refractivity contribution >= 4 is 21.8 Å². The van der Waals surface area contributed by atoms with Crippen LogP contribution in [0.4, 0.5) is 0 Å². The molecule has 32 heavy (non-hydrogen) atoms. The van der Waals surface area contributed by atoms with Crippen LogP contribution < -0.4 is 15.6 Å². The molecule has 172 valence electrons. The smallest absolute Gasteiger partial charge is 0.269 e. The summed E-state index contributed by atoms with van der Waals surface area (Å²) in [6.45, 7) is 2.70. The molecule has 0 aliphatic carbocycles. The van der Waals surface area contributed by atoms with Gasteiger partial charge in [-0.1, -0.05) is 36.4 Å². The highest BCUT2D eigenvalue weighted by Gasteiger charge is 2.21. The van der Waals surface area contributed by atoms with Gasteiger partial charge >= 0.3 is 0 Å². The van der Waals surface area contributed by atoms with E-state index < -0.39 is 27.9 Å². The lowest BCUT2D eigenvalue weighted by molar-refractivity contribution is -0.134. The first kappa shape index (κ1) is 23.9. The van der Waals surface area contributed by atoms with E-state index in [1.54, 1.807) is 19.1 Å². The Morgan fingerprint density at radius 3 is 2.62 bits per heavy atom. The molecule has 2 atom stereocenters. The predicted octanol–water partition coefficient (Wildman–Crippen LogP) is 1.51. The minimum atomic E-state index is -3.82. The molecule has 10 heteroatoms. The van der Waals surface area contributed by atoms with Crippen LogP contribution in [-0.4, -0.2) is 45.7 Å². The molecule has 0 saturated carbocycles. The molecule has 1 aliphatic heterocycles. The van der Waals surface area contributed by atoms with Crippen LogP contribution in [0.5, 0.6) is 0 Å². The van der Waals surface area contributed by atoms with Crippen LogP contribution in [0.25, 0.3) is 0 Å². The fourth-order valence-corrected chi connectivity index (χ4v) is 4.12. The lowest BCUT2D eigenvalue weighted by Crippen LogP contribution is -2.46. The first-order valence-corrected chi connectivity index (χ1v) is 11.8. The predicted molar refractivity (Wildman–Crippen MR) is 117 cm³/mol. The van der Waals surface area contributed by atoms with Crippen molar-refractivity contribution in [2.75, 3.05) is 13.2 Å².